The molecule has 0 fully saturated rings. The van der Waals surface area contributed by atoms with Gasteiger partial charge >= 0.3 is 6.18 Å². The number of rotatable bonds is 2. The number of benzene rings is 2. The molecule has 0 N–H and O–H groups in total. The number of carbonyl (C=O) groups is 1. The molecule has 5 rings (SSSR count). The summed E-state index contributed by atoms with van der Waals surface area (Å²) in [6, 6.07) is 14.6. The van der Waals surface area contributed by atoms with Gasteiger partial charge in [0.1, 0.15) is 12.2 Å². The highest BCUT2D eigenvalue weighted by Crippen LogP contribution is 2.36. The molecule has 6 nitrogen and oxygen atoms in total. The zero-order chi connectivity index (χ0) is 22.5. The van der Waals surface area contributed by atoms with Crippen LogP contribution in [-0.4, -0.2) is 25.2 Å². The molecule has 0 spiro atoms. The molecule has 1 aliphatic heterocycles. The second kappa shape index (κ2) is 7.37. The standard InChI is InChI=1S/C23H18F3N5O/c1-15-27-14-31(28-15)17-8-9-19(20(11-17)23(24,25)26)22(32)30-13-18-6-4-10-29(18)12-16-5-2-3-7-21(16)30/h2-11,14H,12-13H2,1H3. The van der Waals surface area contributed by atoms with E-state index in [9.17, 15) is 18.0 Å². The van der Waals surface area contributed by atoms with E-state index in [0.29, 0.717) is 18.1 Å². The summed E-state index contributed by atoms with van der Waals surface area (Å²) in [5.41, 5.74) is 1.07. The molecule has 0 bridgehead atoms. The smallest absolute Gasteiger partial charge is 0.345 e. The van der Waals surface area contributed by atoms with Crippen LogP contribution in [0.5, 0.6) is 0 Å². The second-order valence-electron chi connectivity index (χ2n) is 7.61. The van der Waals surface area contributed by atoms with E-state index >= 15 is 0 Å². The molecular formula is C23H18F3N5O. The van der Waals surface area contributed by atoms with Crippen molar-refractivity contribution in [1.82, 2.24) is 19.3 Å². The highest BCUT2D eigenvalue weighted by molar-refractivity contribution is 6.07. The number of hydrogen-bond donors (Lipinski definition) is 0. The van der Waals surface area contributed by atoms with Gasteiger partial charge in [0.2, 0.25) is 0 Å². The lowest BCUT2D eigenvalue weighted by atomic mass is 10.0. The number of anilines is 1. The van der Waals surface area contributed by atoms with Crippen molar-refractivity contribution in [2.24, 2.45) is 0 Å². The number of hydrogen-bond acceptors (Lipinski definition) is 3. The Kier molecular flexibility index (Phi) is 4.61. The molecule has 0 atom stereocenters. The topological polar surface area (TPSA) is 56.0 Å². The molecular weight excluding hydrogens is 419 g/mol. The van der Waals surface area contributed by atoms with Crippen molar-refractivity contribution in [3.63, 3.8) is 0 Å². The first-order valence-corrected chi connectivity index (χ1v) is 9.95. The Labute approximate surface area is 181 Å². The van der Waals surface area contributed by atoms with E-state index in [-0.39, 0.29) is 12.2 Å². The Morgan fingerprint density at radius 3 is 2.59 bits per heavy atom. The van der Waals surface area contributed by atoms with Gasteiger partial charge in [-0.1, -0.05) is 18.2 Å². The first-order valence-electron chi connectivity index (χ1n) is 9.95. The normalized spacial score (nSPS) is 13.4. The van der Waals surface area contributed by atoms with Crippen LogP contribution in [0.4, 0.5) is 18.9 Å². The molecule has 0 radical (unpaired) electrons. The van der Waals surface area contributed by atoms with E-state index in [4.69, 9.17) is 0 Å². The Hall–Kier alpha value is -3.88. The van der Waals surface area contributed by atoms with Crippen LogP contribution < -0.4 is 4.90 Å². The molecule has 0 unspecified atom stereocenters. The molecule has 32 heavy (non-hydrogen) atoms. The van der Waals surface area contributed by atoms with Crippen LogP contribution in [-0.2, 0) is 19.3 Å². The Morgan fingerprint density at radius 2 is 1.84 bits per heavy atom. The third-order valence-corrected chi connectivity index (χ3v) is 5.52. The zero-order valence-corrected chi connectivity index (χ0v) is 17.0. The zero-order valence-electron chi connectivity index (χ0n) is 17.0. The van der Waals surface area contributed by atoms with Crippen molar-refractivity contribution in [2.75, 3.05) is 4.90 Å². The maximum atomic E-state index is 14.0. The third-order valence-electron chi connectivity index (χ3n) is 5.52. The molecule has 0 saturated heterocycles. The van der Waals surface area contributed by atoms with Gasteiger partial charge in [-0.05, 0) is 48.9 Å². The molecule has 2 aromatic heterocycles. The lowest BCUT2D eigenvalue weighted by Gasteiger charge is -2.24. The lowest BCUT2D eigenvalue weighted by molar-refractivity contribution is -0.137. The summed E-state index contributed by atoms with van der Waals surface area (Å²) in [5.74, 6) is -0.274. The number of aromatic nitrogens is 4. The number of fused-ring (bicyclic) bond motifs is 2. The summed E-state index contributed by atoms with van der Waals surface area (Å²) >= 11 is 0. The fraction of sp³-hybridized carbons (Fsp3) is 0.174. The molecule has 1 amide bonds. The molecule has 0 saturated carbocycles. The molecule has 9 heteroatoms. The number of carbonyl (C=O) groups excluding carboxylic acids is 1. The monoisotopic (exact) mass is 437 g/mol. The molecule has 162 valence electrons. The Balaban J connectivity index is 1.62. The summed E-state index contributed by atoms with van der Waals surface area (Å²) in [6.07, 6.45) is -1.48. The predicted molar refractivity (Wildman–Crippen MR) is 112 cm³/mol. The van der Waals surface area contributed by atoms with Crippen LogP contribution in [0.25, 0.3) is 5.69 Å². The fourth-order valence-electron chi connectivity index (χ4n) is 3.98. The minimum atomic E-state index is -4.72. The summed E-state index contributed by atoms with van der Waals surface area (Å²) in [6.45, 7) is 2.36. The largest absolute Gasteiger partial charge is 0.417 e. The van der Waals surface area contributed by atoms with Crippen LogP contribution in [0.1, 0.15) is 33.0 Å². The van der Waals surface area contributed by atoms with Crippen LogP contribution >= 0.6 is 0 Å². The molecule has 4 aromatic rings. The summed E-state index contributed by atoms with van der Waals surface area (Å²) in [5, 5.41) is 4.07. The van der Waals surface area contributed by atoms with Crippen molar-refractivity contribution >= 4 is 11.6 Å². The van der Waals surface area contributed by atoms with Gasteiger partial charge in [-0.2, -0.15) is 18.3 Å². The van der Waals surface area contributed by atoms with Gasteiger partial charge in [-0.25, -0.2) is 9.67 Å². The predicted octanol–water partition coefficient (Wildman–Crippen LogP) is 4.60. The number of nitrogens with zero attached hydrogens (tertiary/aromatic N) is 5. The van der Waals surface area contributed by atoms with Crippen LogP contribution in [0.3, 0.4) is 0 Å². The maximum Gasteiger partial charge on any atom is 0.417 e. The summed E-state index contributed by atoms with van der Waals surface area (Å²) in [7, 11) is 0. The first kappa shape index (κ1) is 20.0. The highest BCUT2D eigenvalue weighted by atomic mass is 19.4. The summed E-state index contributed by atoms with van der Waals surface area (Å²) < 4.78 is 45.3. The molecule has 3 heterocycles. The number of amides is 1. The first-order chi connectivity index (χ1) is 15.3. The quantitative estimate of drug-likeness (QED) is 0.460. The van der Waals surface area contributed by atoms with Gasteiger partial charge in [0, 0.05) is 24.1 Å². The van der Waals surface area contributed by atoms with Crippen molar-refractivity contribution in [3.8, 4) is 5.69 Å². The molecule has 2 aromatic carbocycles. The van der Waals surface area contributed by atoms with Gasteiger partial charge in [0.15, 0.2) is 0 Å². The third kappa shape index (κ3) is 3.45. The van der Waals surface area contributed by atoms with Crippen molar-refractivity contribution < 1.29 is 18.0 Å². The van der Waals surface area contributed by atoms with Gasteiger partial charge in [-0.3, -0.25) is 4.79 Å². The van der Waals surface area contributed by atoms with E-state index in [2.05, 4.69) is 10.1 Å². The fourth-order valence-corrected chi connectivity index (χ4v) is 3.98. The van der Waals surface area contributed by atoms with Crippen molar-refractivity contribution in [3.05, 3.63) is 95.3 Å². The Morgan fingerprint density at radius 1 is 1.03 bits per heavy atom. The minimum absolute atomic E-state index is 0.171. The van der Waals surface area contributed by atoms with Crippen LogP contribution in [0, 0.1) is 6.92 Å². The summed E-state index contributed by atoms with van der Waals surface area (Å²) in [4.78, 5) is 18.9. The van der Waals surface area contributed by atoms with E-state index in [0.717, 1.165) is 17.3 Å². The number of alkyl halides is 3. The maximum absolute atomic E-state index is 14.0. The average molecular weight is 437 g/mol. The molecule has 0 aliphatic carbocycles. The number of para-hydroxylation sites is 1. The van der Waals surface area contributed by atoms with Gasteiger partial charge in [-0.15, -0.1) is 0 Å². The van der Waals surface area contributed by atoms with E-state index in [1.54, 1.807) is 19.1 Å². The average Bonchev–Trinajstić information content (AvgIpc) is 3.36. The van der Waals surface area contributed by atoms with Crippen molar-refractivity contribution in [1.29, 1.82) is 0 Å². The van der Waals surface area contributed by atoms with Gasteiger partial charge in [0.05, 0.1) is 23.4 Å². The Bertz CT molecular complexity index is 1320. The van der Waals surface area contributed by atoms with E-state index in [1.807, 2.05) is 35.0 Å². The molecule has 1 aliphatic rings. The minimum Gasteiger partial charge on any atom is -0.345 e. The van der Waals surface area contributed by atoms with E-state index in [1.165, 1.54) is 28.0 Å². The van der Waals surface area contributed by atoms with Gasteiger partial charge in [0.25, 0.3) is 5.91 Å². The van der Waals surface area contributed by atoms with E-state index < -0.39 is 23.2 Å². The van der Waals surface area contributed by atoms with Crippen LogP contribution in [0.2, 0.25) is 0 Å². The number of aryl methyl sites for hydroxylation is 1. The SMILES string of the molecule is Cc1ncn(-c2ccc(C(=O)N3Cc4cccn4Cc4ccccc43)c(C(F)(F)F)c2)n1. The van der Waals surface area contributed by atoms with Gasteiger partial charge < -0.3 is 9.47 Å². The van der Waals surface area contributed by atoms with Crippen LogP contribution in [0.15, 0.2) is 67.1 Å². The second-order valence-corrected chi connectivity index (χ2v) is 7.61. The highest BCUT2D eigenvalue weighted by Gasteiger charge is 2.37. The lowest BCUT2D eigenvalue weighted by Crippen LogP contribution is -2.32. The van der Waals surface area contributed by atoms with Crippen molar-refractivity contribution in [2.45, 2.75) is 26.2 Å². The number of halogens is 3.